The summed E-state index contributed by atoms with van der Waals surface area (Å²) in [6, 6.07) is 0.438. The second-order valence-corrected chi connectivity index (χ2v) is 9.99. The summed E-state index contributed by atoms with van der Waals surface area (Å²) in [5.74, 6) is 1.13. The molecule has 0 aromatic carbocycles. The molecular weight excluding hydrogens is 324 g/mol. The van der Waals surface area contributed by atoms with Gasteiger partial charge >= 0.3 is 0 Å². The zero-order chi connectivity index (χ0) is 17.2. The molecule has 0 bridgehead atoms. The van der Waals surface area contributed by atoms with Crippen molar-refractivity contribution in [1.29, 1.82) is 0 Å². The quantitative estimate of drug-likeness (QED) is 0.778. The Morgan fingerprint density at radius 3 is 2.21 bits per heavy atom. The summed E-state index contributed by atoms with van der Waals surface area (Å²) in [6.07, 6.45) is 12.9. The number of likely N-dealkylation sites (tertiary alicyclic amines) is 1. The molecule has 5 nitrogen and oxygen atoms in total. The highest BCUT2D eigenvalue weighted by molar-refractivity contribution is 7.88. The molecule has 0 spiro atoms. The number of hydrogen-bond donors (Lipinski definition) is 0. The third-order valence-corrected chi connectivity index (χ3v) is 7.57. The van der Waals surface area contributed by atoms with Crippen LogP contribution in [0.25, 0.3) is 0 Å². The first-order valence-electron chi connectivity index (χ1n) is 9.71. The van der Waals surface area contributed by atoms with E-state index in [1.54, 1.807) is 0 Å². The predicted molar refractivity (Wildman–Crippen MR) is 95.1 cm³/mol. The maximum atomic E-state index is 13.0. The van der Waals surface area contributed by atoms with Crippen LogP contribution in [0.2, 0.25) is 0 Å². The molecule has 3 rings (SSSR count). The van der Waals surface area contributed by atoms with Gasteiger partial charge in [0.2, 0.25) is 15.9 Å². The van der Waals surface area contributed by atoms with Gasteiger partial charge in [-0.25, -0.2) is 12.7 Å². The summed E-state index contributed by atoms with van der Waals surface area (Å²) in [6.45, 7) is 1.90. The fourth-order valence-corrected chi connectivity index (χ4v) is 5.72. The van der Waals surface area contributed by atoms with Gasteiger partial charge < -0.3 is 4.90 Å². The second kappa shape index (κ2) is 7.73. The number of amides is 1. The Kier molecular flexibility index (Phi) is 5.85. The van der Waals surface area contributed by atoms with E-state index in [0.29, 0.717) is 37.9 Å². The molecule has 1 aliphatic carbocycles. The first kappa shape index (κ1) is 18.2. The van der Waals surface area contributed by atoms with Gasteiger partial charge in [0.15, 0.2) is 0 Å². The average molecular weight is 357 g/mol. The van der Waals surface area contributed by atoms with E-state index in [2.05, 4.69) is 4.90 Å². The predicted octanol–water partition coefficient (Wildman–Crippen LogP) is 2.62. The van der Waals surface area contributed by atoms with E-state index in [1.165, 1.54) is 49.1 Å². The topological polar surface area (TPSA) is 57.7 Å². The van der Waals surface area contributed by atoms with Gasteiger partial charge in [-0.1, -0.05) is 32.1 Å². The number of hydrogen-bond acceptors (Lipinski definition) is 3. The first-order valence-corrected chi connectivity index (χ1v) is 11.6. The zero-order valence-electron chi connectivity index (χ0n) is 15.0. The maximum Gasteiger partial charge on any atom is 0.226 e. The number of nitrogens with zero attached hydrogens (tertiary/aromatic N) is 2. The van der Waals surface area contributed by atoms with E-state index in [1.807, 2.05) is 0 Å². The number of carbonyl (C=O) groups is 1. The van der Waals surface area contributed by atoms with E-state index in [9.17, 15) is 13.2 Å². The molecule has 0 N–H and O–H groups in total. The Hall–Kier alpha value is -0.620. The fourth-order valence-electron chi connectivity index (χ4n) is 4.85. The van der Waals surface area contributed by atoms with Crippen molar-refractivity contribution in [1.82, 2.24) is 9.21 Å². The van der Waals surface area contributed by atoms with Crippen LogP contribution in [0, 0.1) is 11.8 Å². The Bertz CT molecular complexity index is 534. The second-order valence-electron chi connectivity index (χ2n) is 8.00. The minimum atomic E-state index is -3.12. The van der Waals surface area contributed by atoms with Crippen molar-refractivity contribution in [3.8, 4) is 0 Å². The summed E-state index contributed by atoms with van der Waals surface area (Å²) < 4.78 is 24.8. The van der Waals surface area contributed by atoms with Gasteiger partial charge in [0, 0.05) is 31.6 Å². The van der Waals surface area contributed by atoms with Crippen molar-refractivity contribution in [2.75, 3.05) is 25.9 Å². The van der Waals surface area contributed by atoms with Crippen molar-refractivity contribution in [3.05, 3.63) is 0 Å². The molecular formula is C18H32N2O3S. The lowest BCUT2D eigenvalue weighted by Crippen LogP contribution is -2.45. The standard InChI is InChI=1S/C18H32N2O3S/c1-24(22,23)19-12-9-16(10-13-19)18(21)20-11-5-8-17(20)14-15-6-3-2-4-7-15/h15-17H,2-14H2,1H3/t17-/m1/s1. The van der Waals surface area contributed by atoms with Crippen LogP contribution in [0.1, 0.15) is 64.2 Å². The summed E-state index contributed by atoms with van der Waals surface area (Å²) in [5.41, 5.74) is 0. The lowest BCUT2D eigenvalue weighted by atomic mass is 9.84. The van der Waals surface area contributed by atoms with Gasteiger partial charge in [-0.05, 0) is 38.0 Å². The summed E-state index contributed by atoms with van der Waals surface area (Å²) in [5, 5.41) is 0. The molecule has 24 heavy (non-hydrogen) atoms. The molecule has 138 valence electrons. The van der Waals surface area contributed by atoms with Crippen molar-refractivity contribution in [2.45, 2.75) is 70.3 Å². The molecule has 6 heteroatoms. The Morgan fingerprint density at radius 2 is 1.58 bits per heavy atom. The van der Waals surface area contributed by atoms with Gasteiger partial charge in [-0.3, -0.25) is 4.79 Å². The highest BCUT2D eigenvalue weighted by Crippen LogP contribution is 2.33. The number of rotatable bonds is 4. The van der Waals surface area contributed by atoms with E-state index < -0.39 is 10.0 Å². The molecule has 0 aromatic heterocycles. The highest BCUT2D eigenvalue weighted by Gasteiger charge is 2.36. The number of sulfonamides is 1. The third-order valence-electron chi connectivity index (χ3n) is 6.26. The lowest BCUT2D eigenvalue weighted by Gasteiger charge is -2.35. The molecule has 2 heterocycles. The van der Waals surface area contributed by atoms with Crippen LogP contribution in [0.4, 0.5) is 0 Å². The third kappa shape index (κ3) is 4.31. The van der Waals surface area contributed by atoms with Gasteiger partial charge in [-0.2, -0.15) is 0 Å². The van der Waals surface area contributed by atoms with Crippen LogP contribution >= 0.6 is 0 Å². The summed E-state index contributed by atoms with van der Waals surface area (Å²) in [7, 11) is -3.12. The first-order chi connectivity index (χ1) is 11.4. The largest absolute Gasteiger partial charge is 0.339 e. The fraction of sp³-hybridized carbons (Fsp3) is 0.944. The molecule has 1 atom stereocenters. The van der Waals surface area contributed by atoms with E-state index in [-0.39, 0.29) is 5.92 Å². The van der Waals surface area contributed by atoms with Crippen molar-refractivity contribution >= 4 is 15.9 Å². The summed E-state index contributed by atoms with van der Waals surface area (Å²) >= 11 is 0. The lowest BCUT2D eigenvalue weighted by molar-refractivity contribution is -0.137. The molecule has 3 aliphatic rings. The Labute approximate surface area is 146 Å². The van der Waals surface area contributed by atoms with Gasteiger partial charge in [-0.15, -0.1) is 0 Å². The number of carbonyl (C=O) groups excluding carboxylic acids is 1. The van der Waals surface area contributed by atoms with Crippen LogP contribution in [-0.4, -0.2) is 55.5 Å². The van der Waals surface area contributed by atoms with E-state index in [0.717, 1.165) is 25.3 Å². The molecule has 1 saturated carbocycles. The van der Waals surface area contributed by atoms with E-state index >= 15 is 0 Å². The zero-order valence-corrected chi connectivity index (χ0v) is 15.8. The normalized spacial score (nSPS) is 28.4. The van der Waals surface area contributed by atoms with Crippen LogP contribution in [0.15, 0.2) is 0 Å². The van der Waals surface area contributed by atoms with Gasteiger partial charge in [0.25, 0.3) is 0 Å². The van der Waals surface area contributed by atoms with E-state index in [4.69, 9.17) is 0 Å². The maximum absolute atomic E-state index is 13.0. The highest BCUT2D eigenvalue weighted by atomic mass is 32.2. The monoisotopic (exact) mass is 356 g/mol. The minimum Gasteiger partial charge on any atom is -0.339 e. The van der Waals surface area contributed by atoms with Gasteiger partial charge in [0.1, 0.15) is 0 Å². The van der Waals surface area contributed by atoms with Crippen LogP contribution < -0.4 is 0 Å². The summed E-state index contributed by atoms with van der Waals surface area (Å²) in [4.78, 5) is 15.1. The SMILES string of the molecule is CS(=O)(=O)N1CCC(C(=O)N2CCC[C@@H]2CC2CCCCC2)CC1. The van der Waals surface area contributed by atoms with Crippen LogP contribution in [-0.2, 0) is 14.8 Å². The molecule has 0 radical (unpaired) electrons. The van der Waals surface area contributed by atoms with Gasteiger partial charge in [0.05, 0.1) is 6.26 Å². The molecule has 0 unspecified atom stereocenters. The molecule has 3 fully saturated rings. The molecule has 1 amide bonds. The van der Waals surface area contributed by atoms with Crippen molar-refractivity contribution < 1.29 is 13.2 Å². The van der Waals surface area contributed by atoms with Crippen LogP contribution in [0.5, 0.6) is 0 Å². The van der Waals surface area contributed by atoms with Crippen molar-refractivity contribution in [2.24, 2.45) is 11.8 Å². The molecule has 2 saturated heterocycles. The van der Waals surface area contributed by atoms with Crippen LogP contribution in [0.3, 0.4) is 0 Å². The Balaban J connectivity index is 1.54. The smallest absolute Gasteiger partial charge is 0.226 e. The molecule has 2 aliphatic heterocycles. The minimum absolute atomic E-state index is 0.0231. The average Bonchev–Trinajstić information content (AvgIpc) is 3.02. The van der Waals surface area contributed by atoms with Crippen molar-refractivity contribution in [3.63, 3.8) is 0 Å². The Morgan fingerprint density at radius 1 is 0.917 bits per heavy atom. The molecule has 0 aromatic rings. The number of piperidine rings is 1.